The Morgan fingerprint density at radius 1 is 1.28 bits per heavy atom. The number of carbonyl (C=O) groups is 1. The monoisotopic (exact) mass is 266 g/mol. The van der Waals surface area contributed by atoms with Gasteiger partial charge in [-0.05, 0) is 29.8 Å². The lowest BCUT2D eigenvalue weighted by molar-refractivity contribution is -0.141. The zero-order valence-electron chi connectivity index (χ0n) is 10.7. The molecule has 0 spiro atoms. The third kappa shape index (κ3) is 4.33. The molecule has 0 bridgehead atoms. The van der Waals surface area contributed by atoms with E-state index in [1.165, 1.54) is 0 Å². The molecular formula is C13H18N2O2S. The van der Waals surface area contributed by atoms with Crippen LogP contribution in [0.1, 0.15) is 20.8 Å². The summed E-state index contributed by atoms with van der Waals surface area (Å²) >= 11 is 5.11. The highest BCUT2D eigenvalue weighted by atomic mass is 32.1. The fraction of sp³-hybridized carbons (Fsp3) is 0.385. The SMILES string of the molecule is CC(C)(C)[C@@H](NC(=S)Nc1ccccc1)C(=O)O. The first-order chi connectivity index (χ1) is 8.30. The van der Waals surface area contributed by atoms with Crippen molar-refractivity contribution in [1.82, 2.24) is 5.32 Å². The summed E-state index contributed by atoms with van der Waals surface area (Å²) in [7, 11) is 0. The maximum Gasteiger partial charge on any atom is 0.326 e. The molecule has 0 saturated heterocycles. The van der Waals surface area contributed by atoms with Gasteiger partial charge in [0.2, 0.25) is 0 Å². The van der Waals surface area contributed by atoms with Gasteiger partial charge in [-0.2, -0.15) is 0 Å². The minimum absolute atomic E-state index is 0.309. The summed E-state index contributed by atoms with van der Waals surface area (Å²) in [6.45, 7) is 5.55. The zero-order valence-corrected chi connectivity index (χ0v) is 11.5. The number of nitrogens with one attached hydrogen (secondary N) is 2. The van der Waals surface area contributed by atoms with Crippen LogP contribution in [0.4, 0.5) is 5.69 Å². The van der Waals surface area contributed by atoms with Crippen LogP contribution in [0.2, 0.25) is 0 Å². The largest absolute Gasteiger partial charge is 0.480 e. The van der Waals surface area contributed by atoms with Gasteiger partial charge in [-0.25, -0.2) is 4.79 Å². The first-order valence-corrected chi connectivity index (χ1v) is 6.07. The number of carboxylic acids is 1. The molecule has 0 fully saturated rings. The van der Waals surface area contributed by atoms with Crippen LogP contribution >= 0.6 is 12.2 Å². The Labute approximate surface area is 112 Å². The molecule has 0 amide bonds. The van der Waals surface area contributed by atoms with E-state index < -0.39 is 17.4 Å². The molecule has 0 saturated carbocycles. The zero-order chi connectivity index (χ0) is 13.8. The summed E-state index contributed by atoms with van der Waals surface area (Å²) < 4.78 is 0. The maximum absolute atomic E-state index is 11.2. The van der Waals surface area contributed by atoms with Crippen molar-refractivity contribution in [3.8, 4) is 0 Å². The summed E-state index contributed by atoms with van der Waals surface area (Å²) in [5, 5.41) is 15.3. The second-order valence-corrected chi connectivity index (χ2v) is 5.51. The van der Waals surface area contributed by atoms with Crippen molar-refractivity contribution >= 4 is 29.0 Å². The highest BCUT2D eigenvalue weighted by Gasteiger charge is 2.31. The molecule has 0 heterocycles. The number of aliphatic carboxylic acids is 1. The quantitative estimate of drug-likeness (QED) is 0.734. The maximum atomic E-state index is 11.2. The van der Waals surface area contributed by atoms with E-state index in [0.29, 0.717) is 5.11 Å². The van der Waals surface area contributed by atoms with Gasteiger partial charge in [0.15, 0.2) is 5.11 Å². The Morgan fingerprint density at radius 2 is 1.83 bits per heavy atom. The van der Waals surface area contributed by atoms with E-state index in [9.17, 15) is 9.90 Å². The van der Waals surface area contributed by atoms with Gasteiger partial charge in [-0.1, -0.05) is 39.0 Å². The summed E-state index contributed by atoms with van der Waals surface area (Å²) in [4.78, 5) is 11.2. The van der Waals surface area contributed by atoms with E-state index in [1.807, 2.05) is 51.1 Å². The Kier molecular flexibility index (Phi) is 4.67. The molecule has 4 nitrogen and oxygen atoms in total. The first-order valence-electron chi connectivity index (χ1n) is 5.66. The van der Waals surface area contributed by atoms with Crippen molar-refractivity contribution in [1.29, 1.82) is 0 Å². The second-order valence-electron chi connectivity index (χ2n) is 5.10. The minimum atomic E-state index is -0.917. The van der Waals surface area contributed by atoms with Crippen molar-refractivity contribution in [2.75, 3.05) is 5.32 Å². The van der Waals surface area contributed by atoms with E-state index in [1.54, 1.807) is 0 Å². The minimum Gasteiger partial charge on any atom is -0.480 e. The predicted molar refractivity (Wildman–Crippen MR) is 76.7 cm³/mol. The van der Waals surface area contributed by atoms with Crippen LogP contribution in [0, 0.1) is 5.41 Å². The van der Waals surface area contributed by atoms with E-state index in [0.717, 1.165) is 5.69 Å². The average Bonchev–Trinajstić information content (AvgIpc) is 2.25. The van der Waals surface area contributed by atoms with Crippen molar-refractivity contribution in [2.45, 2.75) is 26.8 Å². The van der Waals surface area contributed by atoms with Gasteiger partial charge < -0.3 is 15.7 Å². The van der Waals surface area contributed by atoms with Crippen LogP contribution in [0.15, 0.2) is 30.3 Å². The lowest BCUT2D eigenvalue weighted by atomic mass is 9.87. The molecule has 1 atom stereocenters. The molecule has 1 aromatic rings. The van der Waals surface area contributed by atoms with Gasteiger partial charge in [0.05, 0.1) is 0 Å². The van der Waals surface area contributed by atoms with E-state index in [-0.39, 0.29) is 0 Å². The lowest BCUT2D eigenvalue weighted by Crippen LogP contribution is -2.50. The van der Waals surface area contributed by atoms with Crippen LogP contribution in [0.3, 0.4) is 0 Å². The molecule has 18 heavy (non-hydrogen) atoms. The first kappa shape index (κ1) is 14.4. The van der Waals surface area contributed by atoms with Gasteiger partial charge in [0.1, 0.15) is 6.04 Å². The number of anilines is 1. The molecule has 1 rings (SSSR count). The number of carboxylic acid groups (broad SMARTS) is 1. The van der Waals surface area contributed by atoms with Gasteiger partial charge in [-0.15, -0.1) is 0 Å². The van der Waals surface area contributed by atoms with Crippen LogP contribution < -0.4 is 10.6 Å². The third-order valence-corrected chi connectivity index (χ3v) is 2.64. The van der Waals surface area contributed by atoms with Gasteiger partial charge in [-0.3, -0.25) is 0 Å². The summed E-state index contributed by atoms with van der Waals surface area (Å²) in [5.41, 5.74) is 0.405. The average molecular weight is 266 g/mol. The Bertz CT molecular complexity index is 426. The van der Waals surface area contributed by atoms with Gasteiger partial charge >= 0.3 is 5.97 Å². The molecule has 98 valence electrons. The van der Waals surface area contributed by atoms with Crippen LogP contribution in [-0.2, 0) is 4.79 Å². The molecule has 0 aliphatic rings. The van der Waals surface area contributed by atoms with E-state index >= 15 is 0 Å². The summed E-state index contributed by atoms with van der Waals surface area (Å²) in [6.07, 6.45) is 0. The highest BCUT2D eigenvalue weighted by Crippen LogP contribution is 2.19. The summed E-state index contributed by atoms with van der Waals surface area (Å²) in [6, 6.07) is 8.65. The molecular weight excluding hydrogens is 248 g/mol. The second kappa shape index (κ2) is 5.82. The lowest BCUT2D eigenvalue weighted by Gasteiger charge is -2.28. The fourth-order valence-electron chi connectivity index (χ4n) is 1.47. The smallest absolute Gasteiger partial charge is 0.326 e. The summed E-state index contributed by atoms with van der Waals surface area (Å²) in [5.74, 6) is -0.917. The van der Waals surface area contributed by atoms with Crippen LogP contribution in [0.25, 0.3) is 0 Å². The number of para-hydroxylation sites is 1. The normalized spacial score (nSPS) is 12.6. The fourth-order valence-corrected chi connectivity index (χ4v) is 1.70. The number of benzene rings is 1. The van der Waals surface area contributed by atoms with E-state index in [2.05, 4.69) is 10.6 Å². The molecule has 0 radical (unpaired) electrons. The van der Waals surface area contributed by atoms with Crippen molar-refractivity contribution < 1.29 is 9.90 Å². The Balaban J connectivity index is 2.66. The molecule has 0 unspecified atom stereocenters. The van der Waals surface area contributed by atoms with Gasteiger partial charge in [0, 0.05) is 5.69 Å². The third-order valence-electron chi connectivity index (χ3n) is 2.42. The Morgan fingerprint density at radius 3 is 2.28 bits per heavy atom. The van der Waals surface area contributed by atoms with Gasteiger partial charge in [0.25, 0.3) is 0 Å². The topological polar surface area (TPSA) is 61.4 Å². The number of hydrogen-bond acceptors (Lipinski definition) is 2. The van der Waals surface area contributed by atoms with Crippen LogP contribution in [0.5, 0.6) is 0 Å². The standard InChI is InChI=1S/C13H18N2O2S/c1-13(2,3)10(11(16)17)15-12(18)14-9-7-5-4-6-8-9/h4-8,10H,1-3H3,(H,16,17)(H2,14,15,18)/t10-/m0/s1. The van der Waals surface area contributed by atoms with Crippen LogP contribution in [-0.4, -0.2) is 22.2 Å². The number of rotatable bonds is 3. The highest BCUT2D eigenvalue weighted by molar-refractivity contribution is 7.80. The van der Waals surface area contributed by atoms with Crippen molar-refractivity contribution in [3.63, 3.8) is 0 Å². The van der Waals surface area contributed by atoms with Crippen molar-refractivity contribution in [2.24, 2.45) is 5.41 Å². The molecule has 3 N–H and O–H groups in total. The molecule has 0 aliphatic carbocycles. The predicted octanol–water partition coefficient (Wildman–Crippen LogP) is 2.47. The van der Waals surface area contributed by atoms with E-state index in [4.69, 9.17) is 12.2 Å². The molecule has 0 aromatic heterocycles. The van der Waals surface area contributed by atoms with Crippen molar-refractivity contribution in [3.05, 3.63) is 30.3 Å². The Hall–Kier alpha value is -1.62. The molecule has 5 heteroatoms. The molecule has 1 aromatic carbocycles. The number of thiocarbonyl (C=S) groups is 1. The number of hydrogen-bond donors (Lipinski definition) is 3. The molecule has 0 aliphatic heterocycles.